The van der Waals surface area contributed by atoms with Crippen LogP contribution in [0.5, 0.6) is 5.75 Å². The lowest BCUT2D eigenvalue weighted by atomic mass is 9.93. The van der Waals surface area contributed by atoms with Crippen LogP contribution in [0.25, 0.3) is 0 Å². The minimum absolute atomic E-state index is 0.208. The van der Waals surface area contributed by atoms with E-state index in [0.717, 1.165) is 0 Å². The van der Waals surface area contributed by atoms with E-state index in [0.29, 0.717) is 28.4 Å². The summed E-state index contributed by atoms with van der Waals surface area (Å²) in [5.74, 6) is 0.506. The minimum atomic E-state index is -0.541. The lowest BCUT2D eigenvalue weighted by Crippen LogP contribution is -2.41. The van der Waals surface area contributed by atoms with Crippen LogP contribution in [0, 0.1) is 0 Å². The third-order valence-corrected chi connectivity index (χ3v) is 3.62. The SMILES string of the molecule is OC(CNC1CCC1)COc1cc(Cl)ccc1Cl. The van der Waals surface area contributed by atoms with E-state index in [2.05, 4.69) is 5.32 Å². The van der Waals surface area contributed by atoms with Gasteiger partial charge in [0.15, 0.2) is 0 Å². The molecule has 1 saturated carbocycles. The van der Waals surface area contributed by atoms with Crippen LogP contribution in [-0.2, 0) is 0 Å². The molecule has 1 aromatic carbocycles. The maximum atomic E-state index is 9.78. The number of hydrogen-bond donors (Lipinski definition) is 2. The number of halogens is 2. The van der Waals surface area contributed by atoms with Crippen LogP contribution in [0.3, 0.4) is 0 Å². The summed E-state index contributed by atoms with van der Waals surface area (Å²) in [6.45, 7) is 0.753. The third kappa shape index (κ3) is 4.02. The van der Waals surface area contributed by atoms with Gasteiger partial charge in [-0.05, 0) is 25.0 Å². The van der Waals surface area contributed by atoms with Crippen molar-refractivity contribution in [3.05, 3.63) is 28.2 Å². The van der Waals surface area contributed by atoms with E-state index in [-0.39, 0.29) is 6.61 Å². The highest BCUT2D eigenvalue weighted by Gasteiger charge is 2.18. The normalized spacial score (nSPS) is 17.3. The lowest BCUT2D eigenvalue weighted by molar-refractivity contribution is 0.0997. The number of ether oxygens (including phenoxy) is 1. The molecular weight excluding hydrogens is 273 g/mol. The first-order chi connectivity index (χ1) is 8.65. The first-order valence-corrected chi connectivity index (χ1v) is 6.90. The molecule has 2 rings (SSSR count). The van der Waals surface area contributed by atoms with Crippen LogP contribution in [0.4, 0.5) is 0 Å². The van der Waals surface area contributed by atoms with Gasteiger partial charge in [0.2, 0.25) is 0 Å². The molecule has 1 aromatic rings. The highest BCUT2D eigenvalue weighted by molar-refractivity contribution is 6.34. The summed E-state index contributed by atoms with van der Waals surface area (Å²) in [6.07, 6.45) is 3.14. The van der Waals surface area contributed by atoms with E-state index in [1.54, 1.807) is 18.2 Å². The molecule has 0 spiro atoms. The molecule has 100 valence electrons. The van der Waals surface area contributed by atoms with Gasteiger partial charge >= 0.3 is 0 Å². The van der Waals surface area contributed by atoms with Gasteiger partial charge in [0.05, 0.1) is 5.02 Å². The fraction of sp³-hybridized carbons (Fsp3) is 0.538. The summed E-state index contributed by atoms with van der Waals surface area (Å²) in [5, 5.41) is 14.1. The number of nitrogens with one attached hydrogen (secondary N) is 1. The van der Waals surface area contributed by atoms with E-state index in [9.17, 15) is 5.11 Å². The zero-order valence-corrected chi connectivity index (χ0v) is 11.5. The van der Waals surface area contributed by atoms with Gasteiger partial charge in [-0.2, -0.15) is 0 Å². The second-order valence-electron chi connectivity index (χ2n) is 4.58. The van der Waals surface area contributed by atoms with E-state index in [4.69, 9.17) is 27.9 Å². The Morgan fingerprint density at radius 2 is 2.17 bits per heavy atom. The Morgan fingerprint density at radius 1 is 1.39 bits per heavy atom. The molecule has 1 fully saturated rings. The molecule has 1 aliphatic carbocycles. The number of hydrogen-bond acceptors (Lipinski definition) is 3. The predicted molar refractivity (Wildman–Crippen MR) is 73.6 cm³/mol. The van der Waals surface area contributed by atoms with Crippen molar-refractivity contribution >= 4 is 23.2 Å². The maximum Gasteiger partial charge on any atom is 0.139 e. The average Bonchev–Trinajstić information content (AvgIpc) is 2.28. The molecule has 1 atom stereocenters. The smallest absolute Gasteiger partial charge is 0.139 e. The molecule has 2 N–H and O–H groups in total. The Balaban J connectivity index is 1.73. The van der Waals surface area contributed by atoms with Gasteiger partial charge in [-0.3, -0.25) is 0 Å². The van der Waals surface area contributed by atoms with Crippen LogP contribution in [0.1, 0.15) is 19.3 Å². The second kappa shape index (κ2) is 6.62. The summed E-state index contributed by atoms with van der Waals surface area (Å²) in [7, 11) is 0. The Hall–Kier alpha value is -0.480. The van der Waals surface area contributed by atoms with Gasteiger partial charge in [-0.1, -0.05) is 29.6 Å². The fourth-order valence-corrected chi connectivity index (χ4v) is 2.08. The van der Waals surface area contributed by atoms with Crippen molar-refractivity contribution in [1.29, 1.82) is 0 Å². The zero-order valence-electron chi connectivity index (χ0n) is 10.0. The predicted octanol–water partition coefficient (Wildman–Crippen LogP) is 2.88. The van der Waals surface area contributed by atoms with Crippen LogP contribution in [0.2, 0.25) is 10.0 Å². The molecule has 5 heteroatoms. The number of benzene rings is 1. The minimum Gasteiger partial charge on any atom is -0.489 e. The number of aliphatic hydroxyl groups is 1. The van der Waals surface area contributed by atoms with E-state index < -0.39 is 6.10 Å². The van der Waals surface area contributed by atoms with Crippen molar-refractivity contribution in [2.75, 3.05) is 13.2 Å². The molecule has 0 heterocycles. The third-order valence-electron chi connectivity index (χ3n) is 3.07. The standard InChI is InChI=1S/C13H17Cl2NO2/c14-9-4-5-12(15)13(6-9)18-8-11(17)7-16-10-2-1-3-10/h4-6,10-11,16-17H,1-3,7-8H2. The molecule has 0 aliphatic heterocycles. The summed E-state index contributed by atoms with van der Waals surface area (Å²) in [6, 6.07) is 5.59. The highest BCUT2D eigenvalue weighted by Crippen LogP contribution is 2.27. The zero-order chi connectivity index (χ0) is 13.0. The van der Waals surface area contributed by atoms with Crippen LogP contribution in [0.15, 0.2) is 18.2 Å². The Bertz CT molecular complexity index is 397. The molecule has 18 heavy (non-hydrogen) atoms. The van der Waals surface area contributed by atoms with Crippen molar-refractivity contribution in [3.63, 3.8) is 0 Å². The summed E-state index contributed by atoms with van der Waals surface area (Å²) in [4.78, 5) is 0. The first-order valence-electron chi connectivity index (χ1n) is 6.14. The molecule has 1 aliphatic rings. The Morgan fingerprint density at radius 3 is 2.83 bits per heavy atom. The number of aliphatic hydroxyl groups excluding tert-OH is 1. The van der Waals surface area contributed by atoms with Crippen molar-refractivity contribution in [1.82, 2.24) is 5.32 Å². The topological polar surface area (TPSA) is 41.5 Å². The lowest BCUT2D eigenvalue weighted by Gasteiger charge is -2.27. The Kier molecular flexibility index (Phi) is 5.13. The first kappa shape index (κ1) is 13.9. The van der Waals surface area contributed by atoms with E-state index in [1.807, 2.05) is 0 Å². The Labute approximate surface area is 117 Å². The fourth-order valence-electron chi connectivity index (χ4n) is 1.75. The van der Waals surface area contributed by atoms with Gasteiger partial charge in [0.25, 0.3) is 0 Å². The largest absolute Gasteiger partial charge is 0.489 e. The average molecular weight is 290 g/mol. The highest BCUT2D eigenvalue weighted by atomic mass is 35.5. The van der Waals surface area contributed by atoms with Crippen molar-refractivity contribution in [3.8, 4) is 5.75 Å². The van der Waals surface area contributed by atoms with Gasteiger partial charge in [0.1, 0.15) is 18.5 Å². The molecule has 0 radical (unpaired) electrons. The summed E-state index contributed by atoms with van der Waals surface area (Å²) < 4.78 is 5.46. The maximum absolute atomic E-state index is 9.78. The van der Waals surface area contributed by atoms with Crippen molar-refractivity contribution in [2.24, 2.45) is 0 Å². The van der Waals surface area contributed by atoms with Gasteiger partial charge in [-0.25, -0.2) is 0 Å². The van der Waals surface area contributed by atoms with Crippen molar-refractivity contribution in [2.45, 2.75) is 31.4 Å². The number of rotatable bonds is 6. The van der Waals surface area contributed by atoms with Crippen LogP contribution < -0.4 is 10.1 Å². The quantitative estimate of drug-likeness (QED) is 0.846. The molecule has 0 saturated heterocycles. The van der Waals surface area contributed by atoms with Gasteiger partial charge < -0.3 is 15.2 Å². The molecule has 0 aromatic heterocycles. The van der Waals surface area contributed by atoms with Gasteiger partial charge in [0, 0.05) is 23.7 Å². The summed E-state index contributed by atoms with van der Waals surface area (Å²) in [5.41, 5.74) is 0. The molecule has 0 amide bonds. The molecule has 0 bridgehead atoms. The second-order valence-corrected chi connectivity index (χ2v) is 5.42. The van der Waals surface area contributed by atoms with E-state index >= 15 is 0 Å². The van der Waals surface area contributed by atoms with E-state index in [1.165, 1.54) is 19.3 Å². The van der Waals surface area contributed by atoms with Crippen molar-refractivity contribution < 1.29 is 9.84 Å². The molecule has 1 unspecified atom stereocenters. The van der Waals surface area contributed by atoms with Gasteiger partial charge in [-0.15, -0.1) is 0 Å². The molecular formula is C13H17Cl2NO2. The molecule has 3 nitrogen and oxygen atoms in total. The monoisotopic (exact) mass is 289 g/mol. The summed E-state index contributed by atoms with van der Waals surface area (Å²) >= 11 is 11.8. The van der Waals surface area contributed by atoms with Crippen LogP contribution in [-0.4, -0.2) is 30.4 Å². The van der Waals surface area contributed by atoms with Crippen LogP contribution >= 0.6 is 23.2 Å².